The average molecular weight is 336 g/mol. The fourth-order valence-corrected chi connectivity index (χ4v) is 2.94. The van der Waals surface area contributed by atoms with Crippen LogP contribution in [0.1, 0.15) is 6.92 Å². The minimum absolute atomic E-state index is 0.205. The predicted octanol–water partition coefficient (Wildman–Crippen LogP) is 2.76. The van der Waals surface area contributed by atoms with Gasteiger partial charge in [-0.05, 0) is 35.4 Å². The molecule has 0 radical (unpaired) electrons. The number of nitrogens with two attached hydrogens (primary N) is 1. The average Bonchev–Trinajstić information content (AvgIpc) is 3.23. The molecule has 0 unspecified atom stereocenters. The van der Waals surface area contributed by atoms with Crippen molar-refractivity contribution in [1.29, 1.82) is 0 Å². The van der Waals surface area contributed by atoms with Crippen LogP contribution in [0, 0.1) is 0 Å². The molecule has 126 valence electrons. The Morgan fingerprint density at radius 1 is 1.16 bits per heavy atom. The second kappa shape index (κ2) is 5.90. The first-order chi connectivity index (χ1) is 12.2. The number of para-hydroxylation sites is 1. The number of nitrogen functional groups attached to an aromatic ring is 1. The quantitative estimate of drug-likeness (QED) is 0.611. The SMILES string of the molecule is CCn1c(-c2nonc2N)nc2c(-c3ccccc3OC)nccc21. The molecule has 8 heteroatoms. The van der Waals surface area contributed by atoms with Gasteiger partial charge in [-0.1, -0.05) is 12.1 Å². The summed E-state index contributed by atoms with van der Waals surface area (Å²) in [4.78, 5) is 9.27. The van der Waals surface area contributed by atoms with E-state index < -0.39 is 0 Å². The molecule has 25 heavy (non-hydrogen) atoms. The van der Waals surface area contributed by atoms with Gasteiger partial charge in [-0.3, -0.25) is 4.98 Å². The van der Waals surface area contributed by atoms with Crippen LogP contribution >= 0.6 is 0 Å². The summed E-state index contributed by atoms with van der Waals surface area (Å²) >= 11 is 0. The van der Waals surface area contributed by atoms with Crippen LogP contribution in [0.25, 0.3) is 33.8 Å². The third-order valence-corrected chi connectivity index (χ3v) is 4.07. The Kier molecular flexibility index (Phi) is 3.57. The number of ether oxygens (including phenoxy) is 1. The van der Waals surface area contributed by atoms with Gasteiger partial charge in [0.15, 0.2) is 17.3 Å². The van der Waals surface area contributed by atoms with Gasteiger partial charge in [-0.2, -0.15) is 0 Å². The third-order valence-electron chi connectivity index (χ3n) is 4.07. The predicted molar refractivity (Wildman–Crippen MR) is 92.9 cm³/mol. The second-order valence-corrected chi connectivity index (χ2v) is 5.41. The normalized spacial score (nSPS) is 11.1. The van der Waals surface area contributed by atoms with Gasteiger partial charge in [-0.25, -0.2) is 9.61 Å². The van der Waals surface area contributed by atoms with Crippen molar-refractivity contribution in [1.82, 2.24) is 24.8 Å². The molecule has 3 heterocycles. The summed E-state index contributed by atoms with van der Waals surface area (Å²) in [5, 5.41) is 7.54. The number of hydrogen-bond acceptors (Lipinski definition) is 7. The van der Waals surface area contributed by atoms with Gasteiger partial charge in [0.05, 0.1) is 12.6 Å². The van der Waals surface area contributed by atoms with E-state index in [4.69, 9.17) is 20.1 Å². The highest BCUT2D eigenvalue weighted by atomic mass is 16.6. The topological polar surface area (TPSA) is 105 Å². The highest BCUT2D eigenvalue weighted by Crippen LogP contribution is 2.35. The number of aromatic nitrogens is 5. The number of aryl methyl sites for hydroxylation is 1. The number of pyridine rings is 1. The molecule has 0 aliphatic carbocycles. The van der Waals surface area contributed by atoms with Crippen LogP contribution in [-0.4, -0.2) is 32.0 Å². The largest absolute Gasteiger partial charge is 0.496 e. The van der Waals surface area contributed by atoms with Gasteiger partial charge < -0.3 is 15.0 Å². The van der Waals surface area contributed by atoms with E-state index in [0.29, 0.717) is 18.1 Å². The fourth-order valence-electron chi connectivity index (χ4n) is 2.94. The van der Waals surface area contributed by atoms with Crippen molar-refractivity contribution in [2.45, 2.75) is 13.5 Å². The van der Waals surface area contributed by atoms with E-state index in [1.165, 1.54) is 0 Å². The van der Waals surface area contributed by atoms with Crippen LogP contribution in [0.3, 0.4) is 0 Å². The number of anilines is 1. The molecular formula is C17H16N6O2. The Balaban J connectivity index is 2.03. The summed E-state index contributed by atoms with van der Waals surface area (Å²) in [6.45, 7) is 2.71. The molecule has 0 saturated carbocycles. The summed E-state index contributed by atoms with van der Waals surface area (Å²) in [6.07, 6.45) is 1.76. The summed E-state index contributed by atoms with van der Waals surface area (Å²) in [6, 6.07) is 9.62. The van der Waals surface area contributed by atoms with Crippen molar-refractivity contribution in [3.63, 3.8) is 0 Å². The highest BCUT2D eigenvalue weighted by Gasteiger charge is 2.21. The molecule has 0 amide bonds. The number of nitrogens with zero attached hydrogens (tertiary/aromatic N) is 5. The van der Waals surface area contributed by atoms with E-state index in [1.54, 1.807) is 13.3 Å². The summed E-state index contributed by atoms with van der Waals surface area (Å²) in [5.74, 6) is 1.54. The molecule has 1 aromatic carbocycles. The number of imidazole rings is 1. The maximum Gasteiger partial charge on any atom is 0.199 e. The molecule has 0 saturated heterocycles. The number of benzene rings is 1. The Labute approximate surface area is 143 Å². The van der Waals surface area contributed by atoms with Crippen molar-refractivity contribution < 1.29 is 9.37 Å². The molecule has 4 rings (SSSR count). The van der Waals surface area contributed by atoms with Crippen molar-refractivity contribution in [2.24, 2.45) is 0 Å². The van der Waals surface area contributed by atoms with E-state index in [9.17, 15) is 0 Å². The molecule has 8 nitrogen and oxygen atoms in total. The van der Waals surface area contributed by atoms with Crippen LogP contribution in [0.2, 0.25) is 0 Å². The number of hydrogen-bond donors (Lipinski definition) is 1. The maximum atomic E-state index is 5.86. The zero-order valence-corrected chi connectivity index (χ0v) is 13.8. The van der Waals surface area contributed by atoms with E-state index in [1.807, 2.05) is 41.8 Å². The zero-order valence-electron chi connectivity index (χ0n) is 13.8. The number of methoxy groups -OCH3 is 1. The molecular weight excluding hydrogens is 320 g/mol. The van der Waals surface area contributed by atoms with E-state index in [0.717, 1.165) is 28.0 Å². The van der Waals surface area contributed by atoms with Gasteiger partial charge in [0.2, 0.25) is 0 Å². The minimum atomic E-state index is 0.205. The molecule has 0 spiro atoms. The third kappa shape index (κ3) is 2.30. The molecule has 2 N–H and O–H groups in total. The lowest BCUT2D eigenvalue weighted by Gasteiger charge is -2.08. The summed E-state index contributed by atoms with van der Waals surface area (Å²) < 4.78 is 12.2. The van der Waals surface area contributed by atoms with Crippen molar-refractivity contribution in [3.8, 4) is 28.5 Å². The van der Waals surface area contributed by atoms with Crippen LogP contribution in [-0.2, 0) is 6.54 Å². The highest BCUT2D eigenvalue weighted by molar-refractivity contribution is 5.93. The molecule has 0 atom stereocenters. The molecule has 0 aliphatic heterocycles. The lowest BCUT2D eigenvalue weighted by molar-refractivity contribution is 0.310. The summed E-state index contributed by atoms with van der Waals surface area (Å²) in [5.41, 5.74) is 9.55. The lowest BCUT2D eigenvalue weighted by atomic mass is 10.1. The van der Waals surface area contributed by atoms with E-state index in [-0.39, 0.29) is 5.82 Å². The Morgan fingerprint density at radius 3 is 2.72 bits per heavy atom. The zero-order chi connectivity index (χ0) is 17.4. The van der Waals surface area contributed by atoms with E-state index >= 15 is 0 Å². The van der Waals surface area contributed by atoms with Crippen LogP contribution in [0.5, 0.6) is 5.75 Å². The van der Waals surface area contributed by atoms with E-state index in [2.05, 4.69) is 15.3 Å². The smallest absolute Gasteiger partial charge is 0.199 e. The molecule has 0 aliphatic rings. The van der Waals surface area contributed by atoms with Gasteiger partial charge >= 0.3 is 0 Å². The standard InChI is InChI=1S/C17H16N6O2/c1-3-23-11-8-9-19-13(10-6-4-5-7-12(10)24-2)14(11)20-17(23)15-16(18)22-25-21-15/h4-9H,3H2,1-2H3,(H2,18,22). The van der Waals surface area contributed by atoms with Crippen LogP contribution in [0.15, 0.2) is 41.2 Å². The lowest BCUT2D eigenvalue weighted by Crippen LogP contribution is -1.99. The molecule has 0 bridgehead atoms. The monoisotopic (exact) mass is 336 g/mol. The molecule has 3 aromatic heterocycles. The van der Waals surface area contributed by atoms with Crippen LogP contribution in [0.4, 0.5) is 5.82 Å². The number of fused-ring (bicyclic) bond motifs is 1. The Hall–Kier alpha value is -3.42. The first-order valence-corrected chi connectivity index (χ1v) is 7.81. The van der Waals surface area contributed by atoms with Crippen molar-refractivity contribution >= 4 is 16.9 Å². The maximum absolute atomic E-state index is 5.86. The fraction of sp³-hybridized carbons (Fsp3) is 0.176. The molecule has 0 fully saturated rings. The second-order valence-electron chi connectivity index (χ2n) is 5.41. The Bertz CT molecular complexity index is 1050. The minimum Gasteiger partial charge on any atom is -0.496 e. The summed E-state index contributed by atoms with van der Waals surface area (Å²) in [7, 11) is 1.64. The van der Waals surface area contributed by atoms with Crippen molar-refractivity contribution in [3.05, 3.63) is 36.5 Å². The van der Waals surface area contributed by atoms with Crippen LogP contribution < -0.4 is 10.5 Å². The van der Waals surface area contributed by atoms with Gasteiger partial charge in [0.1, 0.15) is 17.0 Å². The Morgan fingerprint density at radius 2 is 2.00 bits per heavy atom. The molecule has 4 aromatic rings. The van der Waals surface area contributed by atoms with Gasteiger partial charge in [-0.15, -0.1) is 0 Å². The first kappa shape index (κ1) is 15.1. The van der Waals surface area contributed by atoms with Gasteiger partial charge in [0, 0.05) is 18.3 Å². The van der Waals surface area contributed by atoms with Crippen molar-refractivity contribution in [2.75, 3.05) is 12.8 Å². The first-order valence-electron chi connectivity index (χ1n) is 7.81. The van der Waals surface area contributed by atoms with Gasteiger partial charge in [0.25, 0.3) is 0 Å². The number of rotatable bonds is 4.